The molecule has 1 aliphatic rings. The Kier molecular flexibility index (Phi) is 6.09. The summed E-state index contributed by atoms with van der Waals surface area (Å²) in [6.45, 7) is 9.04. The molecule has 21 heavy (non-hydrogen) atoms. The Balaban J connectivity index is 2.18. The molecular formula is C18H29ClN2. The van der Waals surface area contributed by atoms with E-state index in [0.29, 0.717) is 0 Å². The van der Waals surface area contributed by atoms with Crippen LogP contribution < -0.4 is 5.73 Å². The third-order valence-electron chi connectivity index (χ3n) is 4.87. The molecule has 1 aromatic carbocycles. The van der Waals surface area contributed by atoms with Crippen LogP contribution in [0, 0.1) is 11.8 Å². The standard InChI is InChI=1S/C18H29ClN2/c1-13(2)15-7-6-11-21(12-10-15)18(14(3)20)16-8-4-5-9-17(16)19/h4-5,8-9,13-15,18H,6-7,10-12,20H2,1-3H3. The van der Waals surface area contributed by atoms with Crippen LogP contribution in [0.15, 0.2) is 24.3 Å². The van der Waals surface area contributed by atoms with Crippen molar-refractivity contribution in [3.63, 3.8) is 0 Å². The van der Waals surface area contributed by atoms with E-state index in [4.69, 9.17) is 17.3 Å². The van der Waals surface area contributed by atoms with Gasteiger partial charge in [0.25, 0.3) is 0 Å². The molecule has 2 N–H and O–H groups in total. The van der Waals surface area contributed by atoms with Crippen molar-refractivity contribution < 1.29 is 0 Å². The highest BCUT2D eigenvalue weighted by molar-refractivity contribution is 6.31. The average Bonchev–Trinajstić information content (AvgIpc) is 2.67. The van der Waals surface area contributed by atoms with Crippen molar-refractivity contribution in [2.24, 2.45) is 17.6 Å². The van der Waals surface area contributed by atoms with Gasteiger partial charge in [-0.3, -0.25) is 4.90 Å². The van der Waals surface area contributed by atoms with Gasteiger partial charge in [0.1, 0.15) is 0 Å². The van der Waals surface area contributed by atoms with E-state index in [2.05, 4.69) is 37.8 Å². The minimum Gasteiger partial charge on any atom is -0.326 e. The number of hydrogen-bond donors (Lipinski definition) is 1. The van der Waals surface area contributed by atoms with Crippen LogP contribution in [0.1, 0.15) is 51.6 Å². The first-order valence-corrected chi connectivity index (χ1v) is 8.62. The van der Waals surface area contributed by atoms with Crippen LogP contribution >= 0.6 is 11.6 Å². The lowest BCUT2D eigenvalue weighted by molar-refractivity contribution is 0.179. The molecular weight excluding hydrogens is 280 g/mol. The third kappa shape index (κ3) is 4.21. The summed E-state index contributed by atoms with van der Waals surface area (Å²) in [5, 5.41) is 0.837. The first-order chi connectivity index (χ1) is 10.0. The molecule has 0 bridgehead atoms. The Morgan fingerprint density at radius 1 is 1.14 bits per heavy atom. The Morgan fingerprint density at radius 3 is 2.48 bits per heavy atom. The van der Waals surface area contributed by atoms with E-state index < -0.39 is 0 Å². The van der Waals surface area contributed by atoms with Gasteiger partial charge in [-0.2, -0.15) is 0 Å². The van der Waals surface area contributed by atoms with Gasteiger partial charge in [-0.1, -0.05) is 43.6 Å². The van der Waals surface area contributed by atoms with Gasteiger partial charge < -0.3 is 5.73 Å². The summed E-state index contributed by atoms with van der Waals surface area (Å²) in [5.41, 5.74) is 7.49. The van der Waals surface area contributed by atoms with Gasteiger partial charge in [0, 0.05) is 11.1 Å². The van der Waals surface area contributed by atoms with Crippen LogP contribution in [0.2, 0.25) is 5.02 Å². The number of benzene rings is 1. The molecule has 0 saturated carbocycles. The maximum Gasteiger partial charge on any atom is 0.0511 e. The second-order valence-corrected chi connectivity index (χ2v) is 7.20. The van der Waals surface area contributed by atoms with Gasteiger partial charge in [-0.25, -0.2) is 0 Å². The van der Waals surface area contributed by atoms with E-state index in [1.165, 1.54) is 24.8 Å². The van der Waals surface area contributed by atoms with Crippen molar-refractivity contribution >= 4 is 11.6 Å². The van der Waals surface area contributed by atoms with Crippen LogP contribution in [0.25, 0.3) is 0 Å². The fourth-order valence-corrected chi connectivity index (χ4v) is 3.86. The molecule has 0 amide bonds. The zero-order valence-electron chi connectivity index (χ0n) is 13.6. The van der Waals surface area contributed by atoms with E-state index >= 15 is 0 Å². The molecule has 1 saturated heterocycles. The zero-order valence-corrected chi connectivity index (χ0v) is 14.3. The van der Waals surface area contributed by atoms with Crippen molar-refractivity contribution in [1.29, 1.82) is 0 Å². The van der Waals surface area contributed by atoms with Crippen molar-refractivity contribution in [1.82, 2.24) is 4.90 Å². The van der Waals surface area contributed by atoms with Crippen LogP contribution in [0.4, 0.5) is 0 Å². The van der Waals surface area contributed by atoms with E-state index in [-0.39, 0.29) is 12.1 Å². The number of hydrogen-bond acceptors (Lipinski definition) is 2. The largest absolute Gasteiger partial charge is 0.326 e. The maximum atomic E-state index is 6.42. The van der Waals surface area contributed by atoms with Crippen LogP contribution in [-0.4, -0.2) is 24.0 Å². The normalized spacial score (nSPS) is 23.8. The van der Waals surface area contributed by atoms with Gasteiger partial charge >= 0.3 is 0 Å². The lowest BCUT2D eigenvalue weighted by atomic mass is 9.89. The van der Waals surface area contributed by atoms with E-state index in [1.807, 2.05) is 12.1 Å². The van der Waals surface area contributed by atoms with Gasteiger partial charge in [-0.15, -0.1) is 0 Å². The summed E-state index contributed by atoms with van der Waals surface area (Å²) in [6.07, 6.45) is 3.87. The summed E-state index contributed by atoms with van der Waals surface area (Å²) < 4.78 is 0. The molecule has 0 aromatic heterocycles. The van der Waals surface area contributed by atoms with Gasteiger partial charge in [-0.05, 0) is 62.7 Å². The lowest BCUT2D eigenvalue weighted by Crippen LogP contribution is -2.40. The molecule has 3 heteroatoms. The molecule has 0 spiro atoms. The lowest BCUT2D eigenvalue weighted by Gasteiger charge is -2.34. The van der Waals surface area contributed by atoms with Crippen molar-refractivity contribution in [3.8, 4) is 0 Å². The second-order valence-electron chi connectivity index (χ2n) is 6.80. The fraction of sp³-hybridized carbons (Fsp3) is 0.667. The monoisotopic (exact) mass is 308 g/mol. The number of nitrogens with two attached hydrogens (primary N) is 1. The molecule has 1 aromatic rings. The fourth-order valence-electron chi connectivity index (χ4n) is 3.62. The van der Waals surface area contributed by atoms with E-state index in [0.717, 1.165) is 29.9 Å². The highest BCUT2D eigenvalue weighted by Gasteiger charge is 2.28. The molecule has 0 radical (unpaired) electrons. The second kappa shape index (κ2) is 7.62. The number of halogens is 1. The Morgan fingerprint density at radius 2 is 1.86 bits per heavy atom. The first-order valence-electron chi connectivity index (χ1n) is 8.24. The van der Waals surface area contributed by atoms with Gasteiger partial charge in [0.2, 0.25) is 0 Å². The summed E-state index contributed by atoms with van der Waals surface area (Å²) >= 11 is 6.42. The smallest absolute Gasteiger partial charge is 0.0511 e. The third-order valence-corrected chi connectivity index (χ3v) is 5.21. The van der Waals surface area contributed by atoms with Crippen LogP contribution in [0.3, 0.4) is 0 Å². The van der Waals surface area contributed by atoms with Crippen molar-refractivity contribution in [2.75, 3.05) is 13.1 Å². The topological polar surface area (TPSA) is 29.3 Å². The quantitative estimate of drug-likeness (QED) is 0.888. The van der Waals surface area contributed by atoms with Crippen LogP contribution in [-0.2, 0) is 0 Å². The van der Waals surface area contributed by atoms with E-state index in [1.54, 1.807) is 0 Å². The van der Waals surface area contributed by atoms with Gasteiger partial charge in [0.05, 0.1) is 6.04 Å². The highest BCUT2D eigenvalue weighted by Crippen LogP contribution is 2.33. The molecule has 1 heterocycles. The maximum absolute atomic E-state index is 6.42. The predicted molar refractivity (Wildman–Crippen MR) is 91.6 cm³/mol. The number of likely N-dealkylation sites (tertiary alicyclic amines) is 1. The van der Waals surface area contributed by atoms with Crippen molar-refractivity contribution in [3.05, 3.63) is 34.9 Å². The molecule has 0 aliphatic carbocycles. The Bertz CT molecular complexity index is 445. The SMILES string of the molecule is CC(C)C1CCCN(C(c2ccccc2Cl)C(C)N)CC1. The average molecular weight is 309 g/mol. The minimum atomic E-state index is 0.0838. The number of nitrogens with zero attached hydrogens (tertiary/aromatic N) is 1. The molecule has 118 valence electrons. The van der Waals surface area contributed by atoms with Crippen molar-refractivity contribution in [2.45, 2.75) is 52.1 Å². The molecule has 3 atom stereocenters. The predicted octanol–water partition coefficient (Wildman–Crippen LogP) is 4.49. The Hall–Kier alpha value is -0.570. The molecule has 1 fully saturated rings. The summed E-state index contributed by atoms with van der Waals surface area (Å²) in [7, 11) is 0. The van der Waals surface area contributed by atoms with Gasteiger partial charge in [0.15, 0.2) is 0 Å². The summed E-state index contributed by atoms with van der Waals surface area (Å²) in [5.74, 6) is 1.62. The first kappa shape index (κ1) is 16.8. The minimum absolute atomic E-state index is 0.0838. The number of rotatable bonds is 4. The summed E-state index contributed by atoms with van der Waals surface area (Å²) in [6, 6.07) is 8.46. The molecule has 1 aliphatic heterocycles. The Labute approximate surface area is 134 Å². The molecule has 2 rings (SSSR count). The molecule has 3 unspecified atom stereocenters. The summed E-state index contributed by atoms with van der Waals surface area (Å²) in [4.78, 5) is 2.55. The zero-order chi connectivity index (χ0) is 15.4. The molecule has 2 nitrogen and oxygen atoms in total. The highest BCUT2D eigenvalue weighted by atomic mass is 35.5. The van der Waals surface area contributed by atoms with Crippen LogP contribution in [0.5, 0.6) is 0 Å². The van der Waals surface area contributed by atoms with E-state index in [9.17, 15) is 0 Å².